The molecule has 0 spiro atoms. The average Bonchev–Trinajstić information content (AvgIpc) is 2.91. The number of carbonyl (C=O) groups is 1. The van der Waals surface area contributed by atoms with Gasteiger partial charge in [-0.05, 0) is 72.6 Å². The van der Waals surface area contributed by atoms with E-state index in [0.29, 0.717) is 15.1 Å². The van der Waals surface area contributed by atoms with Crippen LogP contribution in [0.1, 0.15) is 16.7 Å². The number of thioether (sulfide) groups is 1. The van der Waals surface area contributed by atoms with Crippen LogP contribution < -0.4 is 10.1 Å². The number of ether oxygens (including phenoxy) is 1. The summed E-state index contributed by atoms with van der Waals surface area (Å²) < 4.78 is 5.33. The SMILES string of the molecule is COc1cc(/C=C2\SC(=Nc3ccc(Cl)cc3C)NC2=O)ccc1C. The fraction of sp³-hybridized carbons (Fsp3) is 0.158. The van der Waals surface area contributed by atoms with Crippen molar-refractivity contribution in [2.75, 3.05) is 7.11 Å². The molecular formula is C19H17ClN2O2S. The summed E-state index contributed by atoms with van der Waals surface area (Å²) in [4.78, 5) is 17.3. The number of nitrogens with zero attached hydrogens (tertiary/aromatic N) is 1. The van der Waals surface area contributed by atoms with E-state index in [1.165, 1.54) is 11.8 Å². The number of carbonyl (C=O) groups excluding carboxylic acids is 1. The first kappa shape index (κ1) is 17.6. The molecule has 3 rings (SSSR count). The van der Waals surface area contributed by atoms with E-state index in [1.807, 2.05) is 50.3 Å². The van der Waals surface area contributed by atoms with Gasteiger partial charge in [0.15, 0.2) is 5.17 Å². The standard InChI is InChI=1S/C19H17ClN2O2S/c1-11-4-5-13(9-16(11)24-3)10-17-18(23)22-19(25-17)21-15-7-6-14(20)8-12(15)2/h4-10H,1-3H3,(H,21,22,23)/b17-10-. The molecule has 1 fully saturated rings. The highest BCUT2D eigenvalue weighted by atomic mass is 35.5. The molecule has 0 bridgehead atoms. The maximum atomic E-state index is 12.2. The Balaban J connectivity index is 1.86. The quantitative estimate of drug-likeness (QED) is 0.783. The van der Waals surface area contributed by atoms with E-state index >= 15 is 0 Å². The van der Waals surface area contributed by atoms with Crippen molar-refractivity contribution in [3.63, 3.8) is 0 Å². The van der Waals surface area contributed by atoms with Crippen molar-refractivity contribution >= 4 is 46.2 Å². The molecule has 2 aromatic carbocycles. The Bertz CT molecular complexity index is 906. The number of nitrogens with one attached hydrogen (secondary N) is 1. The summed E-state index contributed by atoms with van der Waals surface area (Å²) in [5.41, 5.74) is 3.69. The largest absolute Gasteiger partial charge is 0.496 e. The first-order valence-electron chi connectivity index (χ1n) is 7.66. The molecule has 1 N–H and O–H groups in total. The smallest absolute Gasteiger partial charge is 0.264 e. The van der Waals surface area contributed by atoms with E-state index in [1.54, 1.807) is 13.2 Å². The average molecular weight is 373 g/mol. The minimum absolute atomic E-state index is 0.157. The first-order chi connectivity index (χ1) is 12.0. The van der Waals surface area contributed by atoms with Crippen LogP contribution in [0, 0.1) is 13.8 Å². The van der Waals surface area contributed by atoms with Gasteiger partial charge in [-0.15, -0.1) is 0 Å². The van der Waals surface area contributed by atoms with Gasteiger partial charge in [-0.3, -0.25) is 4.79 Å². The number of halogens is 1. The molecule has 0 atom stereocenters. The topological polar surface area (TPSA) is 50.7 Å². The van der Waals surface area contributed by atoms with E-state index in [9.17, 15) is 4.79 Å². The lowest BCUT2D eigenvalue weighted by molar-refractivity contribution is -0.115. The van der Waals surface area contributed by atoms with E-state index in [2.05, 4.69) is 10.3 Å². The second-order valence-corrected chi connectivity index (χ2v) is 7.11. The molecule has 1 amide bonds. The van der Waals surface area contributed by atoms with Gasteiger partial charge >= 0.3 is 0 Å². The Morgan fingerprint density at radius 3 is 2.68 bits per heavy atom. The Hall–Kier alpha value is -2.24. The molecule has 0 aliphatic carbocycles. The summed E-state index contributed by atoms with van der Waals surface area (Å²) in [6, 6.07) is 11.3. The number of amides is 1. The molecule has 1 aliphatic heterocycles. The summed E-state index contributed by atoms with van der Waals surface area (Å²) in [7, 11) is 1.63. The summed E-state index contributed by atoms with van der Waals surface area (Å²) in [6.45, 7) is 3.91. The molecule has 0 unspecified atom stereocenters. The lowest BCUT2D eigenvalue weighted by Crippen LogP contribution is -2.19. The van der Waals surface area contributed by atoms with E-state index in [-0.39, 0.29) is 5.91 Å². The van der Waals surface area contributed by atoms with Crippen LogP contribution in [0.2, 0.25) is 5.02 Å². The fourth-order valence-electron chi connectivity index (χ4n) is 2.41. The zero-order chi connectivity index (χ0) is 18.0. The molecule has 1 heterocycles. The zero-order valence-corrected chi connectivity index (χ0v) is 15.7. The van der Waals surface area contributed by atoms with Gasteiger partial charge < -0.3 is 10.1 Å². The predicted molar refractivity (Wildman–Crippen MR) is 105 cm³/mol. The highest BCUT2D eigenvalue weighted by Crippen LogP contribution is 2.30. The van der Waals surface area contributed by atoms with Crippen LogP contribution in [0.25, 0.3) is 6.08 Å². The van der Waals surface area contributed by atoms with Gasteiger partial charge in [0.05, 0.1) is 17.7 Å². The van der Waals surface area contributed by atoms with Crippen molar-refractivity contribution in [1.82, 2.24) is 5.32 Å². The molecule has 0 radical (unpaired) electrons. The summed E-state index contributed by atoms with van der Waals surface area (Å²) >= 11 is 7.28. The summed E-state index contributed by atoms with van der Waals surface area (Å²) in [6.07, 6.45) is 1.83. The molecule has 128 valence electrons. The molecule has 2 aromatic rings. The second kappa shape index (κ2) is 7.33. The number of aliphatic imine (C=N–C) groups is 1. The van der Waals surface area contributed by atoms with Crippen LogP contribution in [-0.2, 0) is 4.79 Å². The number of aryl methyl sites for hydroxylation is 2. The molecule has 25 heavy (non-hydrogen) atoms. The van der Waals surface area contributed by atoms with E-state index in [4.69, 9.17) is 16.3 Å². The summed E-state index contributed by atoms with van der Waals surface area (Å²) in [5.74, 6) is 0.637. The third-order valence-corrected chi connectivity index (χ3v) is 4.91. The number of benzene rings is 2. The van der Waals surface area contributed by atoms with Crippen LogP contribution >= 0.6 is 23.4 Å². The van der Waals surface area contributed by atoms with Crippen LogP contribution in [0.5, 0.6) is 5.75 Å². The highest BCUT2D eigenvalue weighted by Gasteiger charge is 2.24. The van der Waals surface area contributed by atoms with E-state index in [0.717, 1.165) is 28.1 Å². The third-order valence-electron chi connectivity index (χ3n) is 3.76. The number of hydrogen-bond acceptors (Lipinski definition) is 4. The Kier molecular flexibility index (Phi) is 5.16. The predicted octanol–water partition coefficient (Wildman–Crippen LogP) is 4.86. The van der Waals surface area contributed by atoms with E-state index < -0.39 is 0 Å². The van der Waals surface area contributed by atoms with Gasteiger partial charge in [0.2, 0.25) is 0 Å². The Morgan fingerprint density at radius 2 is 1.96 bits per heavy atom. The molecule has 4 nitrogen and oxygen atoms in total. The summed E-state index contributed by atoms with van der Waals surface area (Å²) in [5, 5.41) is 4.02. The van der Waals surface area contributed by atoms with Crippen molar-refractivity contribution in [2.24, 2.45) is 4.99 Å². The maximum Gasteiger partial charge on any atom is 0.264 e. The van der Waals surface area contributed by atoms with Crippen LogP contribution in [0.15, 0.2) is 46.3 Å². The van der Waals surface area contributed by atoms with Crippen LogP contribution in [0.3, 0.4) is 0 Å². The third kappa shape index (κ3) is 4.06. The molecule has 1 saturated heterocycles. The molecular weight excluding hydrogens is 356 g/mol. The molecule has 1 aliphatic rings. The van der Waals surface area contributed by atoms with Crippen molar-refractivity contribution in [2.45, 2.75) is 13.8 Å². The van der Waals surface area contributed by atoms with Gasteiger partial charge in [0, 0.05) is 5.02 Å². The minimum atomic E-state index is -0.157. The lowest BCUT2D eigenvalue weighted by Gasteiger charge is -2.05. The fourth-order valence-corrected chi connectivity index (χ4v) is 3.47. The number of rotatable bonds is 3. The number of amidine groups is 1. The Labute approximate surface area is 155 Å². The number of methoxy groups -OCH3 is 1. The molecule has 0 saturated carbocycles. The van der Waals surface area contributed by atoms with Gasteiger partial charge in [0.1, 0.15) is 5.75 Å². The van der Waals surface area contributed by atoms with Crippen LogP contribution in [0.4, 0.5) is 5.69 Å². The van der Waals surface area contributed by atoms with Crippen molar-refractivity contribution < 1.29 is 9.53 Å². The van der Waals surface area contributed by atoms with Crippen LogP contribution in [-0.4, -0.2) is 18.2 Å². The van der Waals surface area contributed by atoms with Gasteiger partial charge in [-0.25, -0.2) is 4.99 Å². The minimum Gasteiger partial charge on any atom is -0.496 e. The zero-order valence-electron chi connectivity index (χ0n) is 14.1. The molecule has 6 heteroatoms. The monoisotopic (exact) mass is 372 g/mol. The highest BCUT2D eigenvalue weighted by molar-refractivity contribution is 8.18. The van der Waals surface area contributed by atoms with Crippen molar-refractivity contribution in [3.8, 4) is 5.75 Å². The maximum absolute atomic E-state index is 12.2. The first-order valence-corrected chi connectivity index (χ1v) is 8.86. The number of hydrogen-bond donors (Lipinski definition) is 1. The van der Waals surface area contributed by atoms with Gasteiger partial charge in [-0.1, -0.05) is 23.7 Å². The molecule has 0 aromatic heterocycles. The van der Waals surface area contributed by atoms with Gasteiger partial charge in [-0.2, -0.15) is 0 Å². The second-order valence-electron chi connectivity index (χ2n) is 5.64. The Morgan fingerprint density at radius 1 is 1.16 bits per heavy atom. The van der Waals surface area contributed by atoms with Crippen molar-refractivity contribution in [1.29, 1.82) is 0 Å². The lowest BCUT2D eigenvalue weighted by atomic mass is 10.1. The normalized spacial score (nSPS) is 17.2. The van der Waals surface area contributed by atoms with Gasteiger partial charge in [0.25, 0.3) is 5.91 Å². The van der Waals surface area contributed by atoms with Crippen molar-refractivity contribution in [3.05, 3.63) is 63.0 Å².